The minimum Gasteiger partial charge on any atom is -0.198 e. The Bertz CT molecular complexity index is 199. The first-order chi connectivity index (χ1) is 4.90. The minimum atomic E-state index is 0.235. The Morgan fingerprint density at radius 3 is 3.00 bits per heavy atom. The molecule has 1 fully saturated rings. The lowest BCUT2D eigenvalue weighted by atomic mass is 9.86. The minimum absolute atomic E-state index is 0.235. The van der Waals surface area contributed by atoms with Crippen molar-refractivity contribution in [2.24, 2.45) is 17.8 Å². The first-order valence-corrected chi connectivity index (χ1v) is 3.98. The first-order valence-electron chi connectivity index (χ1n) is 3.98. The van der Waals surface area contributed by atoms with Crippen molar-refractivity contribution in [1.82, 2.24) is 0 Å². The van der Waals surface area contributed by atoms with Crippen LogP contribution in [0.4, 0.5) is 0 Å². The Balaban J connectivity index is 2.21. The van der Waals surface area contributed by atoms with E-state index in [1.165, 1.54) is 19.3 Å². The van der Waals surface area contributed by atoms with E-state index in [9.17, 15) is 0 Å². The molecule has 1 heteroatoms. The van der Waals surface area contributed by atoms with Gasteiger partial charge in [0.05, 0.1) is 12.0 Å². The van der Waals surface area contributed by atoms with Gasteiger partial charge in [-0.25, -0.2) is 0 Å². The Labute approximate surface area is 61.4 Å². The highest BCUT2D eigenvalue weighted by Gasteiger charge is 2.31. The topological polar surface area (TPSA) is 23.8 Å². The molecule has 0 saturated heterocycles. The van der Waals surface area contributed by atoms with Crippen LogP contribution in [0.15, 0.2) is 12.2 Å². The molecule has 0 aromatic rings. The summed E-state index contributed by atoms with van der Waals surface area (Å²) in [6, 6.07) is 2.34. The van der Waals surface area contributed by atoms with Gasteiger partial charge in [0.15, 0.2) is 0 Å². The zero-order valence-electron chi connectivity index (χ0n) is 5.96. The van der Waals surface area contributed by atoms with E-state index in [2.05, 4.69) is 18.2 Å². The second-order valence-electron chi connectivity index (χ2n) is 3.37. The molecule has 0 aromatic carbocycles. The van der Waals surface area contributed by atoms with E-state index in [1.54, 1.807) is 0 Å². The molecule has 3 unspecified atom stereocenters. The van der Waals surface area contributed by atoms with Crippen molar-refractivity contribution in [1.29, 1.82) is 5.26 Å². The summed E-state index contributed by atoms with van der Waals surface area (Å²) in [6.07, 6.45) is 8.20. The van der Waals surface area contributed by atoms with Gasteiger partial charge in [0.25, 0.3) is 0 Å². The fourth-order valence-corrected chi connectivity index (χ4v) is 2.14. The molecule has 0 radical (unpaired) electrons. The number of fused-ring (bicyclic) bond motifs is 2. The Hall–Kier alpha value is -0.770. The van der Waals surface area contributed by atoms with Gasteiger partial charge < -0.3 is 0 Å². The predicted octanol–water partition coefficient (Wildman–Crippen LogP) is 2.11. The van der Waals surface area contributed by atoms with E-state index in [0.29, 0.717) is 5.92 Å². The third-order valence-corrected chi connectivity index (χ3v) is 2.76. The smallest absolute Gasteiger partial charge is 0.0700 e. The molecular weight excluding hydrogens is 122 g/mol. The largest absolute Gasteiger partial charge is 0.198 e. The van der Waals surface area contributed by atoms with Crippen molar-refractivity contribution < 1.29 is 0 Å². The van der Waals surface area contributed by atoms with Crippen LogP contribution in [0.5, 0.6) is 0 Å². The number of rotatable bonds is 0. The van der Waals surface area contributed by atoms with Crippen molar-refractivity contribution in [2.45, 2.75) is 19.3 Å². The second-order valence-corrected chi connectivity index (χ2v) is 3.37. The summed E-state index contributed by atoms with van der Waals surface area (Å²) in [5.74, 6) is 1.74. The molecule has 2 aliphatic carbocycles. The molecule has 2 rings (SSSR count). The zero-order chi connectivity index (χ0) is 6.97. The summed E-state index contributed by atoms with van der Waals surface area (Å²) in [7, 11) is 0. The molecule has 0 spiro atoms. The molecule has 2 bridgehead atoms. The SMILES string of the molecule is N#CC1C=CC2CCC1C2. The molecule has 1 saturated carbocycles. The van der Waals surface area contributed by atoms with Crippen LogP contribution < -0.4 is 0 Å². The molecule has 2 aliphatic rings. The molecule has 10 heavy (non-hydrogen) atoms. The van der Waals surface area contributed by atoms with E-state index < -0.39 is 0 Å². The average molecular weight is 133 g/mol. The number of hydrogen-bond acceptors (Lipinski definition) is 1. The number of nitriles is 1. The summed E-state index contributed by atoms with van der Waals surface area (Å²) in [6.45, 7) is 0. The van der Waals surface area contributed by atoms with Gasteiger partial charge in [0.1, 0.15) is 0 Å². The summed E-state index contributed by atoms with van der Waals surface area (Å²) in [5.41, 5.74) is 0. The van der Waals surface area contributed by atoms with Crippen molar-refractivity contribution in [3.8, 4) is 6.07 Å². The lowest BCUT2D eigenvalue weighted by Gasteiger charge is -2.16. The lowest BCUT2D eigenvalue weighted by molar-refractivity contribution is 0.448. The van der Waals surface area contributed by atoms with Crippen LogP contribution in [0.3, 0.4) is 0 Å². The predicted molar refractivity (Wildman–Crippen MR) is 39.1 cm³/mol. The third kappa shape index (κ3) is 0.759. The molecule has 3 atom stereocenters. The number of nitrogens with zero attached hydrogens (tertiary/aromatic N) is 1. The van der Waals surface area contributed by atoms with Gasteiger partial charge in [-0.15, -0.1) is 0 Å². The molecule has 52 valence electrons. The second kappa shape index (κ2) is 2.12. The highest BCUT2D eigenvalue weighted by atomic mass is 14.4. The lowest BCUT2D eigenvalue weighted by Crippen LogP contribution is -2.10. The van der Waals surface area contributed by atoms with Gasteiger partial charge in [-0.05, 0) is 31.1 Å². The standard InChI is InChI=1S/C9H11N/c10-6-9-4-2-7-1-3-8(9)5-7/h2,4,7-9H,1,3,5H2. The van der Waals surface area contributed by atoms with Gasteiger partial charge in [0.2, 0.25) is 0 Å². The maximum absolute atomic E-state index is 8.71. The van der Waals surface area contributed by atoms with Gasteiger partial charge >= 0.3 is 0 Å². The molecule has 0 N–H and O–H groups in total. The van der Waals surface area contributed by atoms with Crippen LogP contribution in [-0.4, -0.2) is 0 Å². The average Bonchev–Trinajstić information content (AvgIpc) is 2.34. The summed E-state index contributed by atoms with van der Waals surface area (Å²) < 4.78 is 0. The summed E-state index contributed by atoms with van der Waals surface area (Å²) in [4.78, 5) is 0. The van der Waals surface area contributed by atoms with Gasteiger partial charge in [-0.1, -0.05) is 12.2 Å². The summed E-state index contributed by atoms with van der Waals surface area (Å²) >= 11 is 0. The van der Waals surface area contributed by atoms with Crippen LogP contribution in [-0.2, 0) is 0 Å². The van der Waals surface area contributed by atoms with Crippen LogP contribution in [0.1, 0.15) is 19.3 Å². The van der Waals surface area contributed by atoms with E-state index in [4.69, 9.17) is 5.26 Å². The molecule has 0 aromatic heterocycles. The first kappa shape index (κ1) is 5.97. The van der Waals surface area contributed by atoms with E-state index in [0.717, 1.165) is 5.92 Å². The number of hydrogen-bond donors (Lipinski definition) is 0. The Morgan fingerprint density at radius 1 is 1.30 bits per heavy atom. The molecule has 1 nitrogen and oxygen atoms in total. The molecule has 0 aliphatic heterocycles. The molecule has 0 amide bonds. The normalized spacial score (nSPS) is 43.3. The van der Waals surface area contributed by atoms with Crippen molar-refractivity contribution >= 4 is 0 Å². The van der Waals surface area contributed by atoms with Gasteiger partial charge in [-0.2, -0.15) is 5.26 Å². The fraction of sp³-hybridized carbons (Fsp3) is 0.667. The molecule has 0 heterocycles. The van der Waals surface area contributed by atoms with E-state index >= 15 is 0 Å². The van der Waals surface area contributed by atoms with E-state index in [1.807, 2.05) is 0 Å². The highest BCUT2D eigenvalue weighted by molar-refractivity contribution is 5.12. The Morgan fingerprint density at radius 2 is 2.20 bits per heavy atom. The molecular formula is C9H11N. The van der Waals surface area contributed by atoms with E-state index in [-0.39, 0.29) is 5.92 Å². The third-order valence-electron chi connectivity index (χ3n) is 2.76. The Kier molecular flexibility index (Phi) is 1.27. The zero-order valence-corrected chi connectivity index (χ0v) is 5.96. The highest BCUT2D eigenvalue weighted by Crippen LogP contribution is 2.40. The van der Waals surface area contributed by atoms with Crippen molar-refractivity contribution in [2.75, 3.05) is 0 Å². The van der Waals surface area contributed by atoms with Gasteiger partial charge in [0, 0.05) is 0 Å². The van der Waals surface area contributed by atoms with Crippen LogP contribution in [0, 0.1) is 29.1 Å². The van der Waals surface area contributed by atoms with Crippen LogP contribution in [0.2, 0.25) is 0 Å². The maximum atomic E-state index is 8.71. The summed E-state index contributed by atoms with van der Waals surface area (Å²) in [5, 5.41) is 8.71. The maximum Gasteiger partial charge on any atom is 0.0700 e. The van der Waals surface area contributed by atoms with Gasteiger partial charge in [-0.3, -0.25) is 0 Å². The van der Waals surface area contributed by atoms with Crippen molar-refractivity contribution in [3.05, 3.63) is 12.2 Å². The monoisotopic (exact) mass is 133 g/mol. The fourth-order valence-electron chi connectivity index (χ4n) is 2.14. The quantitative estimate of drug-likeness (QED) is 0.464. The van der Waals surface area contributed by atoms with Crippen molar-refractivity contribution in [3.63, 3.8) is 0 Å². The van der Waals surface area contributed by atoms with Crippen LogP contribution >= 0.6 is 0 Å². The van der Waals surface area contributed by atoms with Crippen LogP contribution in [0.25, 0.3) is 0 Å². The number of allylic oxidation sites excluding steroid dienone is 2.